The summed E-state index contributed by atoms with van der Waals surface area (Å²) in [7, 11) is 0. The predicted octanol–water partition coefficient (Wildman–Crippen LogP) is 13.7. The monoisotopic (exact) mass is 1020 g/mol. The van der Waals surface area contributed by atoms with Gasteiger partial charge >= 0.3 is 23.9 Å². The summed E-state index contributed by atoms with van der Waals surface area (Å²) in [6, 6.07) is 0. The third kappa shape index (κ3) is 38.4. The van der Waals surface area contributed by atoms with Crippen LogP contribution in [0.2, 0.25) is 0 Å². The van der Waals surface area contributed by atoms with Crippen LogP contribution in [0.25, 0.3) is 0 Å². The number of carbonyl (C=O) groups excluding carboxylic acids is 3. The van der Waals surface area contributed by atoms with Gasteiger partial charge in [0.25, 0.3) is 0 Å². The largest absolute Gasteiger partial charge is 0.479 e. The highest BCUT2D eigenvalue weighted by Gasteiger charge is 2.50. The van der Waals surface area contributed by atoms with Crippen LogP contribution in [0.1, 0.15) is 188 Å². The molecule has 0 aromatic carbocycles. The van der Waals surface area contributed by atoms with Crippen LogP contribution >= 0.6 is 0 Å². The number of hydrogen-bond donors (Lipinski definition) is 3. The Kier molecular flexibility index (Phi) is 43.6. The molecule has 12 heteroatoms. The number of aliphatic carboxylic acids is 1. The van der Waals surface area contributed by atoms with Crippen LogP contribution in [0.15, 0.2) is 122 Å². The molecule has 3 N–H and O–H groups in total. The van der Waals surface area contributed by atoms with Gasteiger partial charge in [-0.25, -0.2) is 4.79 Å². The molecule has 0 aliphatic carbocycles. The first-order valence-electron chi connectivity index (χ1n) is 27.5. The lowest BCUT2D eigenvalue weighted by Gasteiger charge is -2.40. The van der Waals surface area contributed by atoms with E-state index in [1.807, 2.05) is 12.2 Å². The molecule has 0 spiro atoms. The maximum absolute atomic E-state index is 13.1. The number of aliphatic hydroxyl groups excluding tert-OH is 2. The first kappa shape index (κ1) is 66.1. The van der Waals surface area contributed by atoms with Crippen molar-refractivity contribution in [2.75, 3.05) is 13.2 Å². The van der Waals surface area contributed by atoms with Crippen molar-refractivity contribution in [1.82, 2.24) is 0 Å². The van der Waals surface area contributed by atoms with Crippen molar-refractivity contribution in [3.8, 4) is 0 Å². The predicted molar refractivity (Wildman–Crippen MR) is 293 cm³/mol. The van der Waals surface area contributed by atoms with Gasteiger partial charge in [0.2, 0.25) is 0 Å². The Hall–Kier alpha value is -4.88. The second kappa shape index (κ2) is 48.1. The van der Waals surface area contributed by atoms with Gasteiger partial charge in [-0.1, -0.05) is 181 Å². The van der Waals surface area contributed by atoms with Gasteiger partial charge in [-0.3, -0.25) is 14.4 Å². The topological polar surface area (TPSA) is 175 Å². The Bertz CT molecular complexity index is 1730. The number of carboxylic acid groups (broad SMARTS) is 1. The molecule has 12 nitrogen and oxygen atoms in total. The molecule has 1 saturated heterocycles. The van der Waals surface area contributed by atoms with Crippen molar-refractivity contribution in [2.45, 2.75) is 225 Å². The third-order valence-electron chi connectivity index (χ3n) is 11.5. The van der Waals surface area contributed by atoms with Crippen LogP contribution in [0.3, 0.4) is 0 Å². The minimum absolute atomic E-state index is 0.00720. The summed E-state index contributed by atoms with van der Waals surface area (Å²) in [6.45, 7) is 5.60. The van der Waals surface area contributed by atoms with Gasteiger partial charge in [0.05, 0.1) is 6.61 Å². The van der Waals surface area contributed by atoms with Crippen molar-refractivity contribution in [3.63, 3.8) is 0 Å². The van der Waals surface area contributed by atoms with Crippen LogP contribution in [0.4, 0.5) is 0 Å². The molecule has 0 radical (unpaired) electrons. The van der Waals surface area contributed by atoms with E-state index in [0.717, 1.165) is 116 Å². The zero-order valence-electron chi connectivity index (χ0n) is 44.8. The summed E-state index contributed by atoms with van der Waals surface area (Å²) >= 11 is 0. The number of unbranched alkanes of at least 4 members (excludes halogenated alkanes) is 10. The average Bonchev–Trinajstić information content (AvgIpc) is 3.37. The Labute approximate surface area is 439 Å². The molecule has 6 unspecified atom stereocenters. The number of esters is 3. The summed E-state index contributed by atoms with van der Waals surface area (Å²) in [6.07, 6.45) is 53.4. The maximum atomic E-state index is 13.1. The first-order chi connectivity index (χ1) is 35.6. The number of ether oxygens (including phenoxy) is 5. The number of aliphatic hydroxyl groups is 2. The molecule has 0 aromatic heterocycles. The lowest BCUT2D eigenvalue weighted by molar-refractivity contribution is -0.301. The van der Waals surface area contributed by atoms with E-state index in [-0.39, 0.29) is 25.9 Å². The normalized spacial score (nSPS) is 19.3. The van der Waals surface area contributed by atoms with Gasteiger partial charge < -0.3 is 39.0 Å². The fourth-order valence-corrected chi connectivity index (χ4v) is 7.33. The summed E-state index contributed by atoms with van der Waals surface area (Å²) in [5.74, 6) is -3.31. The molecule has 73 heavy (non-hydrogen) atoms. The molecule has 1 aliphatic heterocycles. The number of hydrogen-bond acceptors (Lipinski definition) is 11. The van der Waals surface area contributed by atoms with E-state index in [9.17, 15) is 34.5 Å². The van der Waals surface area contributed by atoms with Gasteiger partial charge in [0.15, 0.2) is 24.6 Å². The fraction of sp³-hybridized carbons (Fsp3) is 0.607. The quantitative estimate of drug-likeness (QED) is 0.0228. The molecule has 1 rings (SSSR count). The van der Waals surface area contributed by atoms with E-state index in [4.69, 9.17) is 23.7 Å². The number of carboxylic acids is 1. The van der Waals surface area contributed by atoms with Crippen LogP contribution in [-0.2, 0) is 42.9 Å². The second-order valence-corrected chi connectivity index (χ2v) is 18.1. The van der Waals surface area contributed by atoms with E-state index in [0.29, 0.717) is 19.3 Å². The lowest BCUT2D eigenvalue weighted by atomic mass is 9.98. The average molecular weight is 1020 g/mol. The highest BCUT2D eigenvalue weighted by molar-refractivity contribution is 5.74. The van der Waals surface area contributed by atoms with Gasteiger partial charge in [-0.2, -0.15) is 0 Å². The van der Waals surface area contributed by atoms with Gasteiger partial charge in [-0.15, -0.1) is 0 Å². The minimum atomic E-state index is -1.93. The van der Waals surface area contributed by atoms with Crippen LogP contribution in [-0.4, -0.2) is 89.2 Å². The molecule has 0 amide bonds. The molecule has 1 heterocycles. The fourth-order valence-electron chi connectivity index (χ4n) is 7.33. The minimum Gasteiger partial charge on any atom is -0.479 e. The number of allylic oxidation sites excluding steroid dienone is 20. The van der Waals surface area contributed by atoms with Crippen LogP contribution in [0.5, 0.6) is 0 Å². The molecular formula is C61H94O12. The van der Waals surface area contributed by atoms with E-state index in [2.05, 4.69) is 130 Å². The molecule has 0 saturated carbocycles. The highest BCUT2D eigenvalue weighted by atomic mass is 16.7. The molecule has 6 atom stereocenters. The second-order valence-electron chi connectivity index (χ2n) is 18.1. The maximum Gasteiger partial charge on any atom is 0.335 e. The van der Waals surface area contributed by atoms with Crippen LogP contribution in [0, 0.1) is 0 Å². The van der Waals surface area contributed by atoms with Crippen molar-refractivity contribution in [2.24, 2.45) is 0 Å². The zero-order chi connectivity index (χ0) is 53.3. The summed E-state index contributed by atoms with van der Waals surface area (Å²) < 4.78 is 28.2. The Balaban J connectivity index is 2.76. The number of rotatable bonds is 44. The molecule has 1 aliphatic rings. The SMILES string of the molecule is CC/C=C\C/C=C\C/C=C\C/C=C\C/C=C\CCCCCC(=O)OC1C(OCC(COC(=O)CC/C=C\C/C=C\C/C=C\C/C=C\CC)OC(=O)CCCCCCC/C=C\CCCC)OC(C(=O)O)C(O)C1O. The third-order valence-corrected chi connectivity index (χ3v) is 11.5. The Morgan fingerprint density at radius 3 is 1.40 bits per heavy atom. The molecule has 1 fully saturated rings. The van der Waals surface area contributed by atoms with Crippen molar-refractivity contribution in [1.29, 1.82) is 0 Å². The first-order valence-corrected chi connectivity index (χ1v) is 27.5. The summed E-state index contributed by atoms with van der Waals surface area (Å²) in [5.41, 5.74) is 0. The van der Waals surface area contributed by atoms with Crippen molar-refractivity contribution >= 4 is 23.9 Å². The van der Waals surface area contributed by atoms with Gasteiger partial charge in [-0.05, 0) is 109 Å². The van der Waals surface area contributed by atoms with E-state index in [1.165, 1.54) is 12.8 Å². The standard InChI is InChI=1S/C61H94O12/c1-4-7-10-13-16-19-22-24-25-26-27-28-29-31-34-37-40-43-46-49-55(64)72-59-57(66)56(65)58(60(67)68)73-61(59)70-51-52(71-54(63)48-45-42-39-36-32-21-18-15-12-9-6-3)50-69-53(62)47-44-41-38-35-33-30-23-20-17-14-11-8-5-2/h7-8,10-11,15-20,24-25,27-28,30-31,33-34,38,41,52,56-59,61,65-66H,4-6,9,12-14,21-23,26,29,32,35-37,39-40,42-51H2,1-3H3,(H,67,68)/b10-7-,11-8-,18-15-,19-16-,20-17-,25-24-,28-27-,33-30-,34-31-,41-38-. The number of carbonyl (C=O) groups is 4. The lowest BCUT2D eigenvalue weighted by Crippen LogP contribution is -2.61. The zero-order valence-corrected chi connectivity index (χ0v) is 44.8. The van der Waals surface area contributed by atoms with Crippen molar-refractivity contribution < 1.29 is 58.2 Å². The molecular weight excluding hydrogens is 925 g/mol. The van der Waals surface area contributed by atoms with Crippen LogP contribution < -0.4 is 0 Å². The summed E-state index contributed by atoms with van der Waals surface area (Å²) in [5, 5.41) is 31.4. The van der Waals surface area contributed by atoms with Gasteiger partial charge in [0, 0.05) is 19.3 Å². The van der Waals surface area contributed by atoms with Gasteiger partial charge in [0.1, 0.15) is 18.8 Å². The highest BCUT2D eigenvalue weighted by Crippen LogP contribution is 2.26. The Morgan fingerprint density at radius 1 is 0.466 bits per heavy atom. The van der Waals surface area contributed by atoms with E-state index >= 15 is 0 Å². The molecule has 410 valence electrons. The van der Waals surface area contributed by atoms with Crippen molar-refractivity contribution in [3.05, 3.63) is 122 Å². The summed E-state index contributed by atoms with van der Waals surface area (Å²) in [4.78, 5) is 50.9. The molecule has 0 bridgehead atoms. The Morgan fingerprint density at radius 2 is 0.890 bits per heavy atom. The molecule has 0 aromatic rings. The van der Waals surface area contributed by atoms with E-state index in [1.54, 1.807) is 0 Å². The van der Waals surface area contributed by atoms with E-state index < -0.39 is 67.3 Å². The smallest absolute Gasteiger partial charge is 0.335 e.